The Labute approximate surface area is 152 Å². The topological polar surface area (TPSA) is 38.8 Å². The number of benzene rings is 2. The molecule has 130 valence electrons. The third-order valence-corrected chi connectivity index (χ3v) is 5.29. The van der Waals surface area contributed by atoms with E-state index in [9.17, 15) is 4.79 Å². The second-order valence-corrected chi connectivity index (χ2v) is 6.99. The van der Waals surface area contributed by atoms with Crippen LogP contribution >= 0.6 is 11.6 Å². The standard InChI is InChI=1S/C20H20ClNO3/c1-22(20(23)24-12-13-6-3-2-4-7-13)18-11-16-17(21)10-14-8-5-9-15(14)19(16)25-18/h2-4,6-7,10,18H,5,8-9,11-12H2,1H3. The summed E-state index contributed by atoms with van der Waals surface area (Å²) in [5, 5.41) is 0.740. The van der Waals surface area contributed by atoms with Gasteiger partial charge >= 0.3 is 6.09 Å². The number of carbonyl (C=O) groups excluding carboxylic acids is 1. The van der Waals surface area contributed by atoms with Crippen LogP contribution < -0.4 is 4.74 Å². The van der Waals surface area contributed by atoms with Crippen molar-refractivity contribution < 1.29 is 14.3 Å². The molecule has 1 aliphatic carbocycles. The van der Waals surface area contributed by atoms with Gasteiger partial charge in [0.2, 0.25) is 0 Å². The van der Waals surface area contributed by atoms with Gasteiger partial charge < -0.3 is 9.47 Å². The Hall–Kier alpha value is -2.20. The summed E-state index contributed by atoms with van der Waals surface area (Å²) in [6.07, 6.45) is 3.02. The van der Waals surface area contributed by atoms with Gasteiger partial charge in [-0.2, -0.15) is 0 Å². The molecule has 4 nitrogen and oxygen atoms in total. The first-order valence-corrected chi connectivity index (χ1v) is 8.94. The predicted octanol–water partition coefficient (Wildman–Crippen LogP) is 4.36. The monoisotopic (exact) mass is 357 g/mol. The van der Waals surface area contributed by atoms with Crippen LogP contribution in [0.1, 0.15) is 28.7 Å². The van der Waals surface area contributed by atoms with Gasteiger partial charge in [0, 0.05) is 24.1 Å². The van der Waals surface area contributed by atoms with Crippen molar-refractivity contribution in [2.45, 2.75) is 38.5 Å². The average molecular weight is 358 g/mol. The summed E-state index contributed by atoms with van der Waals surface area (Å²) in [5.41, 5.74) is 4.50. The molecule has 1 amide bonds. The third kappa shape index (κ3) is 3.07. The number of fused-ring (bicyclic) bond motifs is 3. The van der Waals surface area contributed by atoms with E-state index in [4.69, 9.17) is 21.1 Å². The zero-order valence-electron chi connectivity index (χ0n) is 14.1. The number of hydrogen-bond acceptors (Lipinski definition) is 3. The average Bonchev–Trinajstić information content (AvgIpc) is 3.26. The van der Waals surface area contributed by atoms with Crippen LogP contribution in [0, 0.1) is 0 Å². The van der Waals surface area contributed by atoms with Gasteiger partial charge in [0.05, 0.1) is 0 Å². The first-order valence-electron chi connectivity index (χ1n) is 8.57. The molecule has 25 heavy (non-hydrogen) atoms. The Balaban J connectivity index is 1.44. The van der Waals surface area contributed by atoms with E-state index >= 15 is 0 Å². The summed E-state index contributed by atoms with van der Waals surface area (Å²) >= 11 is 6.43. The number of halogens is 1. The second kappa shape index (κ2) is 6.60. The van der Waals surface area contributed by atoms with Crippen LogP contribution in [0.15, 0.2) is 36.4 Å². The van der Waals surface area contributed by atoms with Crippen molar-refractivity contribution in [1.29, 1.82) is 0 Å². The molecular formula is C20H20ClNO3. The molecule has 0 spiro atoms. The van der Waals surface area contributed by atoms with E-state index in [0.29, 0.717) is 6.42 Å². The van der Waals surface area contributed by atoms with Crippen LogP contribution in [-0.2, 0) is 30.6 Å². The Morgan fingerprint density at radius 2 is 2.08 bits per heavy atom. The molecule has 2 aliphatic rings. The molecule has 2 aromatic carbocycles. The summed E-state index contributed by atoms with van der Waals surface area (Å²) < 4.78 is 11.5. The Bertz CT molecular complexity index is 806. The highest BCUT2D eigenvalue weighted by Gasteiger charge is 2.35. The van der Waals surface area contributed by atoms with Crippen molar-refractivity contribution in [3.63, 3.8) is 0 Å². The molecule has 1 aliphatic heterocycles. The maximum Gasteiger partial charge on any atom is 0.412 e. The van der Waals surface area contributed by atoms with Gasteiger partial charge in [0.25, 0.3) is 0 Å². The SMILES string of the molecule is CN(C(=O)OCc1ccccc1)C1Cc2c(Cl)cc3c(c2O1)CCC3. The van der Waals surface area contributed by atoms with E-state index in [1.807, 2.05) is 30.3 Å². The lowest BCUT2D eigenvalue weighted by Crippen LogP contribution is -2.40. The molecule has 0 saturated carbocycles. The molecule has 0 N–H and O–H groups in total. The minimum absolute atomic E-state index is 0.250. The Morgan fingerprint density at radius 1 is 1.28 bits per heavy atom. The largest absolute Gasteiger partial charge is 0.469 e. The second-order valence-electron chi connectivity index (χ2n) is 6.59. The quantitative estimate of drug-likeness (QED) is 0.819. The van der Waals surface area contributed by atoms with E-state index in [-0.39, 0.29) is 12.8 Å². The van der Waals surface area contributed by atoms with E-state index in [0.717, 1.165) is 41.2 Å². The molecule has 0 fully saturated rings. The van der Waals surface area contributed by atoms with Gasteiger partial charge in [-0.05, 0) is 42.0 Å². The van der Waals surface area contributed by atoms with E-state index in [2.05, 4.69) is 6.07 Å². The van der Waals surface area contributed by atoms with Crippen molar-refractivity contribution in [2.75, 3.05) is 7.05 Å². The lowest BCUT2D eigenvalue weighted by atomic mass is 10.0. The Morgan fingerprint density at radius 3 is 2.88 bits per heavy atom. The van der Waals surface area contributed by atoms with E-state index in [1.54, 1.807) is 7.05 Å². The van der Waals surface area contributed by atoms with Crippen molar-refractivity contribution in [2.24, 2.45) is 0 Å². The van der Waals surface area contributed by atoms with Crippen LogP contribution in [0.5, 0.6) is 5.75 Å². The summed E-state index contributed by atoms with van der Waals surface area (Å²) in [5.74, 6) is 0.882. The fraction of sp³-hybridized carbons (Fsp3) is 0.350. The zero-order valence-corrected chi connectivity index (χ0v) is 14.9. The molecule has 4 rings (SSSR count). The highest BCUT2D eigenvalue weighted by molar-refractivity contribution is 6.31. The van der Waals surface area contributed by atoms with Gasteiger partial charge in [-0.3, -0.25) is 4.90 Å². The number of likely N-dealkylation sites (N-methyl/N-ethyl adjacent to an activating group) is 1. The number of nitrogens with zero attached hydrogens (tertiary/aromatic N) is 1. The summed E-state index contributed by atoms with van der Waals surface area (Å²) in [6.45, 7) is 0.250. The van der Waals surface area contributed by atoms with Crippen LogP contribution in [0.25, 0.3) is 0 Å². The fourth-order valence-electron chi connectivity index (χ4n) is 3.56. The van der Waals surface area contributed by atoms with Crippen molar-refractivity contribution in [1.82, 2.24) is 4.90 Å². The molecule has 2 aromatic rings. The van der Waals surface area contributed by atoms with Crippen LogP contribution in [0.3, 0.4) is 0 Å². The summed E-state index contributed by atoms with van der Waals surface area (Å²) in [6, 6.07) is 11.7. The molecule has 5 heteroatoms. The molecule has 1 unspecified atom stereocenters. The fourth-order valence-corrected chi connectivity index (χ4v) is 3.85. The van der Waals surface area contributed by atoms with Gasteiger partial charge in [-0.25, -0.2) is 4.79 Å². The first-order chi connectivity index (χ1) is 12.1. The lowest BCUT2D eigenvalue weighted by Gasteiger charge is -2.23. The molecule has 0 radical (unpaired) electrons. The minimum Gasteiger partial charge on any atom is -0.469 e. The van der Waals surface area contributed by atoms with E-state index < -0.39 is 6.09 Å². The number of rotatable bonds is 3. The van der Waals surface area contributed by atoms with Crippen molar-refractivity contribution >= 4 is 17.7 Å². The molecule has 0 saturated heterocycles. The van der Waals surface area contributed by atoms with Crippen molar-refractivity contribution in [3.8, 4) is 5.75 Å². The maximum absolute atomic E-state index is 12.4. The van der Waals surface area contributed by atoms with Gasteiger partial charge in [0.1, 0.15) is 12.4 Å². The van der Waals surface area contributed by atoms with Crippen LogP contribution in [-0.4, -0.2) is 24.3 Å². The number of carbonyl (C=O) groups is 1. The zero-order chi connectivity index (χ0) is 17.4. The van der Waals surface area contributed by atoms with Crippen molar-refractivity contribution in [3.05, 3.63) is 63.7 Å². The molecule has 1 heterocycles. The number of aryl methyl sites for hydroxylation is 1. The van der Waals surface area contributed by atoms with Crippen LogP contribution in [0.2, 0.25) is 5.02 Å². The summed E-state index contributed by atoms with van der Waals surface area (Å²) in [4.78, 5) is 13.9. The highest BCUT2D eigenvalue weighted by atomic mass is 35.5. The third-order valence-electron chi connectivity index (χ3n) is 4.96. The lowest BCUT2D eigenvalue weighted by molar-refractivity contribution is 0.0371. The molecule has 0 bridgehead atoms. The van der Waals surface area contributed by atoms with Crippen LogP contribution in [0.4, 0.5) is 4.79 Å². The van der Waals surface area contributed by atoms with Gasteiger partial charge in [-0.1, -0.05) is 41.9 Å². The normalized spacial score (nSPS) is 17.6. The number of ether oxygens (including phenoxy) is 2. The summed E-state index contributed by atoms with van der Waals surface area (Å²) in [7, 11) is 1.71. The molecule has 0 aromatic heterocycles. The molecular weight excluding hydrogens is 338 g/mol. The predicted molar refractivity (Wildman–Crippen MR) is 96.0 cm³/mol. The van der Waals surface area contributed by atoms with E-state index in [1.165, 1.54) is 16.0 Å². The number of hydrogen-bond donors (Lipinski definition) is 0. The maximum atomic E-state index is 12.4. The smallest absolute Gasteiger partial charge is 0.412 e. The Kier molecular flexibility index (Phi) is 4.30. The van der Waals surface area contributed by atoms with Gasteiger partial charge in [-0.15, -0.1) is 0 Å². The first kappa shape index (κ1) is 16.3. The number of amides is 1. The highest BCUT2D eigenvalue weighted by Crippen LogP contribution is 2.43. The van der Waals surface area contributed by atoms with Gasteiger partial charge in [0.15, 0.2) is 6.23 Å². The minimum atomic E-state index is -0.394. The molecule has 1 atom stereocenters.